The van der Waals surface area contributed by atoms with Crippen molar-refractivity contribution in [2.45, 2.75) is 5.41 Å². The second-order valence-corrected chi connectivity index (χ2v) is 18.3. The van der Waals surface area contributed by atoms with E-state index >= 15 is 0 Å². The van der Waals surface area contributed by atoms with E-state index in [4.69, 9.17) is 0 Å². The molecule has 0 bridgehead atoms. The van der Waals surface area contributed by atoms with Crippen LogP contribution in [0.3, 0.4) is 0 Å². The third-order valence-corrected chi connectivity index (χ3v) is 15.1. The summed E-state index contributed by atoms with van der Waals surface area (Å²) >= 11 is 1.88. The van der Waals surface area contributed by atoms with Crippen LogP contribution in [0.15, 0.2) is 231 Å². The van der Waals surface area contributed by atoms with E-state index in [1.807, 2.05) is 11.3 Å². The van der Waals surface area contributed by atoms with Gasteiger partial charge in [0.15, 0.2) is 0 Å². The Bertz CT molecular complexity index is 3790. The van der Waals surface area contributed by atoms with Crippen LogP contribution in [0, 0.1) is 0 Å². The number of nitrogens with zero attached hydrogens (tertiary/aromatic N) is 2. The van der Waals surface area contributed by atoms with Crippen molar-refractivity contribution in [2.75, 3.05) is 4.90 Å². The molecule has 3 heteroatoms. The molecule has 0 aliphatic heterocycles. The molecular formula is C61H38N2S. The summed E-state index contributed by atoms with van der Waals surface area (Å²) in [6.45, 7) is 0. The van der Waals surface area contributed by atoms with E-state index in [0.717, 1.165) is 22.7 Å². The topological polar surface area (TPSA) is 8.17 Å². The lowest BCUT2D eigenvalue weighted by atomic mass is 9.70. The van der Waals surface area contributed by atoms with Crippen LogP contribution in [-0.4, -0.2) is 4.57 Å². The highest BCUT2D eigenvalue weighted by Gasteiger charge is 2.52. The fourth-order valence-electron chi connectivity index (χ4n) is 11.4. The number of fused-ring (bicyclic) bond motifs is 16. The first-order valence-electron chi connectivity index (χ1n) is 22.1. The third kappa shape index (κ3) is 4.85. The Labute approximate surface area is 375 Å². The summed E-state index contributed by atoms with van der Waals surface area (Å²) in [5.74, 6) is 0. The number of thiophene rings is 1. The maximum Gasteiger partial charge on any atom is 0.0726 e. The molecule has 2 nitrogen and oxygen atoms in total. The fourth-order valence-corrected chi connectivity index (χ4v) is 12.5. The normalized spacial score (nSPS) is 13.1. The van der Waals surface area contributed by atoms with Gasteiger partial charge in [-0.25, -0.2) is 0 Å². The van der Waals surface area contributed by atoms with Crippen molar-refractivity contribution in [3.63, 3.8) is 0 Å². The van der Waals surface area contributed by atoms with Crippen LogP contribution in [0.5, 0.6) is 0 Å². The van der Waals surface area contributed by atoms with Crippen LogP contribution in [0.4, 0.5) is 17.1 Å². The van der Waals surface area contributed by atoms with Crippen molar-refractivity contribution in [3.8, 4) is 39.1 Å². The molecule has 0 N–H and O–H groups in total. The van der Waals surface area contributed by atoms with E-state index < -0.39 is 5.41 Å². The standard InChI is InChI=1S/C61H38N2S/c1-3-16-39(17-4-1)40-30-32-42(33-31-40)62(56-28-15-27-54-60(56)47-23-9-13-26-53(47)61(54)51-24-11-7-20-44(51)45-21-8-12-25-52(45)61)43-34-35-55-48(36-43)49-38-59-50(46-22-10-14-29-58(46)64-59)37-57(49)63(55)41-18-5-2-6-19-41/h1-38H. The molecule has 2 aliphatic carbocycles. The van der Waals surface area contributed by atoms with Crippen LogP contribution in [0.1, 0.15) is 22.3 Å². The molecule has 2 aromatic heterocycles. The summed E-state index contributed by atoms with van der Waals surface area (Å²) in [4.78, 5) is 2.51. The molecule has 0 unspecified atom stereocenters. The van der Waals surface area contributed by atoms with Crippen molar-refractivity contribution in [2.24, 2.45) is 0 Å². The lowest BCUT2D eigenvalue weighted by Crippen LogP contribution is -2.26. The van der Waals surface area contributed by atoms with E-state index in [-0.39, 0.29) is 0 Å². The van der Waals surface area contributed by atoms with Gasteiger partial charge in [-0.2, -0.15) is 0 Å². The monoisotopic (exact) mass is 830 g/mol. The van der Waals surface area contributed by atoms with Gasteiger partial charge in [0.25, 0.3) is 0 Å². The Morgan fingerprint density at radius 2 is 0.938 bits per heavy atom. The lowest BCUT2D eigenvalue weighted by molar-refractivity contribution is 0.794. The van der Waals surface area contributed by atoms with E-state index in [2.05, 4.69) is 240 Å². The molecule has 64 heavy (non-hydrogen) atoms. The Morgan fingerprint density at radius 1 is 0.359 bits per heavy atom. The van der Waals surface area contributed by atoms with Crippen molar-refractivity contribution >= 4 is 70.4 Å². The second-order valence-electron chi connectivity index (χ2n) is 17.2. The molecule has 0 saturated heterocycles. The van der Waals surface area contributed by atoms with E-state index in [0.29, 0.717) is 0 Å². The summed E-state index contributed by atoms with van der Waals surface area (Å²) in [6.07, 6.45) is 0. The van der Waals surface area contributed by atoms with Crippen molar-refractivity contribution in [1.82, 2.24) is 4.57 Å². The first-order chi connectivity index (χ1) is 31.8. The Balaban J connectivity index is 1.06. The van der Waals surface area contributed by atoms with E-state index in [9.17, 15) is 0 Å². The first-order valence-corrected chi connectivity index (χ1v) is 22.9. The highest BCUT2D eigenvalue weighted by atomic mass is 32.1. The zero-order valence-electron chi connectivity index (χ0n) is 34.7. The Kier molecular flexibility index (Phi) is 7.51. The van der Waals surface area contributed by atoms with E-state index in [1.54, 1.807) is 0 Å². The number of para-hydroxylation sites is 1. The van der Waals surface area contributed by atoms with Gasteiger partial charge in [-0.3, -0.25) is 0 Å². The number of anilines is 3. The molecule has 0 atom stereocenters. The third-order valence-electron chi connectivity index (χ3n) is 14.0. The van der Waals surface area contributed by atoms with Crippen molar-refractivity contribution in [3.05, 3.63) is 253 Å². The maximum atomic E-state index is 2.51. The van der Waals surface area contributed by atoms with Gasteiger partial charge < -0.3 is 9.47 Å². The minimum atomic E-state index is -0.444. The lowest BCUT2D eigenvalue weighted by Gasteiger charge is -2.32. The minimum Gasteiger partial charge on any atom is -0.310 e. The fraction of sp³-hybridized carbons (Fsp3) is 0.0164. The number of rotatable bonds is 5. The van der Waals surface area contributed by atoms with E-state index in [1.165, 1.54) is 97.6 Å². The van der Waals surface area contributed by atoms with Gasteiger partial charge in [0.05, 0.1) is 22.1 Å². The van der Waals surface area contributed by atoms with Gasteiger partial charge >= 0.3 is 0 Å². The molecule has 0 fully saturated rings. The zero-order valence-corrected chi connectivity index (χ0v) is 35.6. The quantitative estimate of drug-likeness (QED) is 0.168. The SMILES string of the molecule is c1ccc(-c2ccc(N(c3ccc4c(c3)c3cc5sc6ccccc6c5cc3n4-c3ccccc3)c3cccc4c3-c3ccccc3C43c4ccccc4-c4ccccc43)cc2)cc1. The molecule has 2 heterocycles. The molecule has 0 radical (unpaired) electrons. The predicted octanol–water partition coefficient (Wildman–Crippen LogP) is 16.6. The van der Waals surface area contributed by atoms with Gasteiger partial charge in [0.1, 0.15) is 0 Å². The Morgan fingerprint density at radius 3 is 1.69 bits per heavy atom. The van der Waals surface area contributed by atoms with Crippen LogP contribution in [-0.2, 0) is 5.41 Å². The first kappa shape index (κ1) is 35.6. The minimum absolute atomic E-state index is 0.444. The van der Waals surface area contributed by atoms with Gasteiger partial charge in [0, 0.05) is 53.6 Å². The number of hydrogen-bond donors (Lipinski definition) is 0. The number of benzene rings is 10. The Hall–Kier alpha value is -7.98. The summed E-state index contributed by atoms with van der Waals surface area (Å²) < 4.78 is 5.07. The van der Waals surface area contributed by atoms with Crippen LogP contribution >= 0.6 is 11.3 Å². The largest absolute Gasteiger partial charge is 0.310 e. The molecule has 1 spiro atoms. The molecule has 14 rings (SSSR count). The molecule has 2 aliphatic rings. The molecule has 0 amide bonds. The summed E-state index contributed by atoms with van der Waals surface area (Å²) in [5.41, 5.74) is 19.4. The van der Waals surface area contributed by atoms with Crippen molar-refractivity contribution < 1.29 is 0 Å². The van der Waals surface area contributed by atoms with Gasteiger partial charge in [-0.05, 0) is 117 Å². The smallest absolute Gasteiger partial charge is 0.0726 e. The van der Waals surface area contributed by atoms with Crippen LogP contribution < -0.4 is 4.90 Å². The number of hydrogen-bond acceptors (Lipinski definition) is 2. The zero-order chi connectivity index (χ0) is 41.9. The highest BCUT2D eigenvalue weighted by molar-refractivity contribution is 7.25. The molecule has 12 aromatic rings. The summed E-state index contributed by atoms with van der Waals surface area (Å²) in [7, 11) is 0. The van der Waals surface area contributed by atoms with Gasteiger partial charge in [-0.1, -0.05) is 164 Å². The molecular weight excluding hydrogens is 793 g/mol. The van der Waals surface area contributed by atoms with Crippen LogP contribution in [0.2, 0.25) is 0 Å². The van der Waals surface area contributed by atoms with Crippen LogP contribution in [0.25, 0.3) is 81.0 Å². The highest BCUT2D eigenvalue weighted by Crippen LogP contribution is 2.64. The maximum absolute atomic E-state index is 2.51. The molecule has 10 aromatic carbocycles. The van der Waals surface area contributed by atoms with Gasteiger partial charge in [-0.15, -0.1) is 11.3 Å². The van der Waals surface area contributed by atoms with Crippen molar-refractivity contribution in [1.29, 1.82) is 0 Å². The summed E-state index contributed by atoms with van der Waals surface area (Å²) in [6, 6.07) is 85.8. The molecule has 0 saturated carbocycles. The average Bonchev–Trinajstić information content (AvgIpc) is 4.08. The average molecular weight is 831 g/mol. The summed E-state index contributed by atoms with van der Waals surface area (Å²) in [5, 5.41) is 5.09. The molecule has 298 valence electrons. The predicted molar refractivity (Wildman–Crippen MR) is 270 cm³/mol. The van der Waals surface area contributed by atoms with Gasteiger partial charge in [0.2, 0.25) is 0 Å². The second kappa shape index (κ2) is 13.5. The number of aromatic nitrogens is 1.